The molecule has 2 heterocycles. The summed E-state index contributed by atoms with van der Waals surface area (Å²) in [6.07, 6.45) is 0.244. The van der Waals surface area contributed by atoms with Crippen molar-refractivity contribution in [3.8, 4) is 28.7 Å². The van der Waals surface area contributed by atoms with Gasteiger partial charge in [-0.05, 0) is 57.2 Å². The highest BCUT2D eigenvalue weighted by Gasteiger charge is 2.35. The summed E-state index contributed by atoms with van der Waals surface area (Å²) in [4.78, 5) is 18.7. The highest BCUT2D eigenvalue weighted by Crippen LogP contribution is 2.42. The van der Waals surface area contributed by atoms with Crippen LogP contribution in [-0.2, 0) is 4.79 Å². The van der Waals surface area contributed by atoms with Crippen molar-refractivity contribution in [1.82, 2.24) is 10.1 Å². The standard InChI is InChI=1S/C24H26FN3O5/c1-4-30-19-11-15(12-20(31-5-2)22(19)32-6-3)24-26-23(27-33-24)16-13-21(29)28(14-16)18-9-7-17(25)8-10-18/h7-12,16H,4-6,13-14H2,1-3H3. The van der Waals surface area contributed by atoms with Gasteiger partial charge >= 0.3 is 0 Å². The minimum Gasteiger partial charge on any atom is -0.490 e. The lowest BCUT2D eigenvalue weighted by Gasteiger charge is -2.16. The van der Waals surface area contributed by atoms with E-state index in [1.54, 1.807) is 29.2 Å². The van der Waals surface area contributed by atoms with Crippen molar-refractivity contribution in [1.29, 1.82) is 0 Å². The zero-order valence-electron chi connectivity index (χ0n) is 18.8. The fraction of sp³-hybridized carbons (Fsp3) is 0.375. The molecule has 9 heteroatoms. The Morgan fingerprint density at radius 2 is 1.67 bits per heavy atom. The number of benzene rings is 2. The fourth-order valence-electron chi connectivity index (χ4n) is 3.78. The molecule has 2 aromatic carbocycles. The molecular formula is C24H26FN3O5. The van der Waals surface area contributed by atoms with Gasteiger partial charge in [-0.1, -0.05) is 5.16 Å². The normalized spacial score (nSPS) is 15.7. The Labute approximate surface area is 191 Å². The summed E-state index contributed by atoms with van der Waals surface area (Å²) in [5.74, 6) is 1.66. The van der Waals surface area contributed by atoms with E-state index in [0.717, 1.165) is 0 Å². The molecule has 1 aliphatic rings. The van der Waals surface area contributed by atoms with E-state index in [1.807, 2.05) is 20.8 Å². The third-order valence-corrected chi connectivity index (χ3v) is 5.23. The Morgan fingerprint density at radius 3 is 2.27 bits per heavy atom. The largest absolute Gasteiger partial charge is 0.490 e. The number of carbonyl (C=O) groups excluding carboxylic acids is 1. The number of amides is 1. The number of aromatic nitrogens is 2. The summed E-state index contributed by atoms with van der Waals surface area (Å²) in [7, 11) is 0. The van der Waals surface area contributed by atoms with Crippen LogP contribution in [0.2, 0.25) is 0 Å². The minimum absolute atomic E-state index is 0.0729. The van der Waals surface area contributed by atoms with Gasteiger partial charge in [0, 0.05) is 30.1 Å². The van der Waals surface area contributed by atoms with Gasteiger partial charge in [-0.2, -0.15) is 4.98 Å². The Morgan fingerprint density at radius 1 is 1.03 bits per heavy atom. The lowest BCUT2D eigenvalue weighted by molar-refractivity contribution is -0.117. The van der Waals surface area contributed by atoms with Gasteiger partial charge < -0.3 is 23.6 Å². The number of carbonyl (C=O) groups is 1. The first-order chi connectivity index (χ1) is 16.0. The van der Waals surface area contributed by atoms with Crippen molar-refractivity contribution in [2.75, 3.05) is 31.3 Å². The van der Waals surface area contributed by atoms with Gasteiger partial charge in [-0.15, -0.1) is 0 Å². The number of ether oxygens (including phenoxy) is 3. The molecule has 0 saturated carbocycles. The Hall–Kier alpha value is -3.62. The molecular weight excluding hydrogens is 429 g/mol. The predicted octanol–water partition coefficient (Wildman–Crippen LogP) is 4.59. The topological polar surface area (TPSA) is 86.9 Å². The van der Waals surface area contributed by atoms with Crippen LogP contribution in [-0.4, -0.2) is 42.4 Å². The Balaban J connectivity index is 1.60. The number of nitrogens with zero attached hydrogens (tertiary/aromatic N) is 3. The van der Waals surface area contributed by atoms with Gasteiger partial charge in [0.2, 0.25) is 11.7 Å². The van der Waals surface area contributed by atoms with Crippen LogP contribution in [0, 0.1) is 5.82 Å². The lowest BCUT2D eigenvalue weighted by Crippen LogP contribution is -2.24. The van der Waals surface area contributed by atoms with Crippen molar-refractivity contribution >= 4 is 11.6 Å². The van der Waals surface area contributed by atoms with E-state index in [2.05, 4.69) is 10.1 Å². The molecule has 3 aromatic rings. The van der Waals surface area contributed by atoms with Crippen LogP contribution in [0.4, 0.5) is 10.1 Å². The first-order valence-corrected chi connectivity index (χ1v) is 11.0. The molecule has 0 radical (unpaired) electrons. The van der Waals surface area contributed by atoms with Crippen LogP contribution in [0.1, 0.15) is 38.9 Å². The number of halogens is 1. The lowest BCUT2D eigenvalue weighted by atomic mass is 10.1. The van der Waals surface area contributed by atoms with Crippen LogP contribution < -0.4 is 19.1 Å². The van der Waals surface area contributed by atoms with E-state index in [9.17, 15) is 9.18 Å². The van der Waals surface area contributed by atoms with Crippen molar-refractivity contribution in [3.63, 3.8) is 0 Å². The van der Waals surface area contributed by atoms with E-state index in [0.29, 0.717) is 66.6 Å². The molecule has 1 aromatic heterocycles. The summed E-state index contributed by atoms with van der Waals surface area (Å²) < 4.78 is 36.0. The predicted molar refractivity (Wildman–Crippen MR) is 119 cm³/mol. The summed E-state index contributed by atoms with van der Waals surface area (Å²) in [5.41, 5.74) is 1.27. The second-order valence-electron chi connectivity index (χ2n) is 7.44. The van der Waals surface area contributed by atoms with E-state index in [-0.39, 0.29) is 24.1 Å². The maximum Gasteiger partial charge on any atom is 0.258 e. The molecule has 33 heavy (non-hydrogen) atoms. The van der Waals surface area contributed by atoms with Crippen LogP contribution in [0.3, 0.4) is 0 Å². The number of hydrogen-bond donors (Lipinski definition) is 0. The second-order valence-corrected chi connectivity index (χ2v) is 7.44. The van der Waals surface area contributed by atoms with Crippen LogP contribution in [0.25, 0.3) is 11.5 Å². The summed E-state index contributed by atoms with van der Waals surface area (Å²) in [6, 6.07) is 9.39. The van der Waals surface area contributed by atoms with Gasteiger partial charge in [0.15, 0.2) is 17.3 Å². The first-order valence-electron chi connectivity index (χ1n) is 11.0. The summed E-state index contributed by atoms with van der Waals surface area (Å²) >= 11 is 0. The highest BCUT2D eigenvalue weighted by molar-refractivity contribution is 5.96. The highest BCUT2D eigenvalue weighted by atomic mass is 19.1. The van der Waals surface area contributed by atoms with Gasteiger partial charge in [-0.25, -0.2) is 4.39 Å². The van der Waals surface area contributed by atoms with Gasteiger partial charge in [0.05, 0.1) is 19.8 Å². The third kappa shape index (κ3) is 4.76. The number of hydrogen-bond acceptors (Lipinski definition) is 7. The second kappa shape index (κ2) is 9.89. The van der Waals surface area contributed by atoms with E-state index in [1.165, 1.54) is 12.1 Å². The zero-order valence-corrected chi connectivity index (χ0v) is 18.8. The summed E-state index contributed by atoms with van der Waals surface area (Å²) in [6.45, 7) is 7.42. The molecule has 1 aliphatic heterocycles. The average molecular weight is 455 g/mol. The maximum atomic E-state index is 13.2. The third-order valence-electron chi connectivity index (χ3n) is 5.23. The molecule has 0 spiro atoms. The van der Waals surface area contributed by atoms with Crippen LogP contribution >= 0.6 is 0 Å². The average Bonchev–Trinajstić information content (AvgIpc) is 3.44. The summed E-state index contributed by atoms with van der Waals surface area (Å²) in [5, 5.41) is 4.12. The molecule has 1 saturated heterocycles. The number of rotatable bonds is 9. The van der Waals surface area contributed by atoms with Crippen molar-refractivity contribution in [3.05, 3.63) is 48.0 Å². The van der Waals surface area contributed by atoms with Crippen LogP contribution in [0.15, 0.2) is 40.9 Å². The van der Waals surface area contributed by atoms with Gasteiger partial charge in [-0.3, -0.25) is 4.79 Å². The first kappa shape index (κ1) is 22.6. The molecule has 1 fully saturated rings. The maximum absolute atomic E-state index is 13.2. The quantitative estimate of drug-likeness (QED) is 0.466. The molecule has 1 unspecified atom stereocenters. The SMILES string of the molecule is CCOc1cc(-c2nc(C3CC(=O)N(c4ccc(F)cc4)C3)no2)cc(OCC)c1OCC. The minimum atomic E-state index is -0.349. The zero-order chi connectivity index (χ0) is 23.4. The van der Waals surface area contributed by atoms with Crippen molar-refractivity contribution in [2.45, 2.75) is 33.1 Å². The van der Waals surface area contributed by atoms with E-state index >= 15 is 0 Å². The molecule has 4 rings (SSSR count). The number of anilines is 1. The van der Waals surface area contributed by atoms with E-state index in [4.69, 9.17) is 18.7 Å². The molecule has 0 aliphatic carbocycles. The molecule has 174 valence electrons. The van der Waals surface area contributed by atoms with Crippen LogP contribution in [0.5, 0.6) is 17.2 Å². The van der Waals surface area contributed by atoms with Crippen molar-refractivity contribution < 1.29 is 27.9 Å². The van der Waals surface area contributed by atoms with Gasteiger partial charge in [0.25, 0.3) is 5.89 Å². The monoisotopic (exact) mass is 455 g/mol. The molecule has 8 nitrogen and oxygen atoms in total. The fourth-order valence-corrected chi connectivity index (χ4v) is 3.78. The molecule has 1 atom stereocenters. The smallest absolute Gasteiger partial charge is 0.258 e. The molecule has 0 N–H and O–H groups in total. The van der Waals surface area contributed by atoms with Crippen molar-refractivity contribution in [2.24, 2.45) is 0 Å². The van der Waals surface area contributed by atoms with Gasteiger partial charge in [0.1, 0.15) is 5.82 Å². The molecule has 0 bridgehead atoms. The van der Waals surface area contributed by atoms with E-state index < -0.39 is 0 Å². The Kier molecular flexibility index (Phi) is 6.76. The Bertz CT molecular complexity index is 1090. The molecule has 1 amide bonds.